The fourth-order valence-corrected chi connectivity index (χ4v) is 6.00. The van der Waals surface area contributed by atoms with Gasteiger partial charge in [0.25, 0.3) is 11.1 Å². The molecule has 6 aromatic heterocycles. The van der Waals surface area contributed by atoms with Crippen molar-refractivity contribution < 1.29 is 4.21 Å². The Bertz CT molecular complexity index is 2570. The van der Waals surface area contributed by atoms with Gasteiger partial charge in [0.15, 0.2) is 5.16 Å². The van der Waals surface area contributed by atoms with Gasteiger partial charge >= 0.3 is 0 Å². The van der Waals surface area contributed by atoms with E-state index in [-0.39, 0.29) is 16.3 Å². The lowest BCUT2D eigenvalue weighted by molar-refractivity contribution is 0.680. The van der Waals surface area contributed by atoms with Crippen LogP contribution in [0.15, 0.2) is 105 Å². The van der Waals surface area contributed by atoms with E-state index in [1.165, 1.54) is 24.2 Å². The predicted molar refractivity (Wildman–Crippen MR) is 188 cm³/mol. The molecule has 0 spiro atoms. The summed E-state index contributed by atoms with van der Waals surface area (Å²) in [7, 11) is -1.36. The number of aromatic amines is 4. The first-order valence-electron chi connectivity index (χ1n) is 14.2. The summed E-state index contributed by atoms with van der Waals surface area (Å²) in [5.74, 6) is 0.843. The van der Waals surface area contributed by atoms with E-state index in [4.69, 9.17) is 0 Å². The molecule has 0 saturated heterocycles. The summed E-state index contributed by atoms with van der Waals surface area (Å²) in [4.78, 5) is 53.4. The van der Waals surface area contributed by atoms with Crippen LogP contribution in [0.1, 0.15) is 0 Å². The highest BCUT2D eigenvalue weighted by Gasteiger charge is 2.15. The van der Waals surface area contributed by atoms with E-state index >= 15 is 0 Å². The molecule has 1 atom stereocenters. The zero-order chi connectivity index (χ0) is 32.5. The van der Waals surface area contributed by atoms with Crippen molar-refractivity contribution in [3.63, 3.8) is 0 Å². The van der Waals surface area contributed by atoms with E-state index in [0.29, 0.717) is 38.6 Å². The molecule has 0 bridgehead atoms. The Kier molecular flexibility index (Phi) is 7.97. The molecule has 8 aromatic rings. The van der Waals surface area contributed by atoms with E-state index in [9.17, 15) is 13.8 Å². The maximum atomic E-state index is 12.2. The average molecular weight is 663 g/mol. The number of fused-ring (bicyclic) bond motifs is 4. The Morgan fingerprint density at radius 3 is 1.68 bits per heavy atom. The number of nitrogens with one attached hydrogen (secondary N) is 6. The van der Waals surface area contributed by atoms with Crippen molar-refractivity contribution in [2.45, 2.75) is 10.3 Å². The largest absolute Gasteiger partial charge is 0.361 e. The van der Waals surface area contributed by atoms with Gasteiger partial charge in [-0.25, -0.2) is 19.9 Å². The van der Waals surface area contributed by atoms with E-state index in [1.54, 1.807) is 18.3 Å². The molecule has 234 valence electrons. The number of benzene rings is 2. The maximum absolute atomic E-state index is 12.2. The van der Waals surface area contributed by atoms with Gasteiger partial charge in [-0.1, -0.05) is 23.9 Å². The van der Waals surface area contributed by atoms with E-state index in [2.05, 4.69) is 50.5 Å². The molecule has 6 heterocycles. The van der Waals surface area contributed by atoms with Crippen LogP contribution in [0.25, 0.3) is 43.6 Å². The van der Waals surface area contributed by atoms with Crippen LogP contribution in [0, 0.1) is 0 Å². The third-order valence-electron chi connectivity index (χ3n) is 7.33. The first kappa shape index (κ1) is 29.9. The molecule has 8 rings (SSSR count). The normalized spacial score (nSPS) is 11.9. The number of nitrogens with zero attached hydrogens (tertiary/aromatic N) is 4. The number of pyridine rings is 2. The molecule has 0 saturated carbocycles. The van der Waals surface area contributed by atoms with Crippen LogP contribution in [-0.4, -0.2) is 56.6 Å². The molecule has 1 unspecified atom stereocenters. The molecule has 0 amide bonds. The summed E-state index contributed by atoms with van der Waals surface area (Å²) in [5.41, 5.74) is 4.23. The molecular weight excluding hydrogens is 637 g/mol. The highest BCUT2D eigenvalue weighted by Crippen LogP contribution is 2.29. The number of H-pyrrole nitrogens is 4. The summed E-state index contributed by atoms with van der Waals surface area (Å²) < 4.78 is 11.8. The first-order chi connectivity index (χ1) is 22.9. The topological polar surface area (TPSA) is 190 Å². The Hall–Kier alpha value is -5.80. The molecule has 0 aliphatic carbocycles. The Morgan fingerprint density at radius 2 is 1.15 bits per heavy atom. The van der Waals surface area contributed by atoms with Gasteiger partial charge in [0.2, 0.25) is 5.16 Å². The second kappa shape index (κ2) is 12.5. The van der Waals surface area contributed by atoms with Crippen molar-refractivity contribution >= 4 is 89.2 Å². The minimum Gasteiger partial charge on any atom is -0.361 e. The average Bonchev–Trinajstić information content (AvgIpc) is 3.76. The van der Waals surface area contributed by atoms with Crippen LogP contribution in [0.5, 0.6) is 0 Å². The van der Waals surface area contributed by atoms with Gasteiger partial charge in [-0.15, -0.1) is 0 Å². The maximum Gasteiger partial charge on any atom is 0.261 e. The fourth-order valence-electron chi connectivity index (χ4n) is 5.18. The van der Waals surface area contributed by atoms with Crippen molar-refractivity contribution in [1.29, 1.82) is 0 Å². The zero-order valence-corrected chi connectivity index (χ0v) is 26.5. The molecule has 47 heavy (non-hydrogen) atoms. The fraction of sp³-hybridized carbons (Fsp3) is 0.0625. The summed E-state index contributed by atoms with van der Waals surface area (Å²) in [6.45, 7) is 0. The Balaban J connectivity index is 0.000000150. The van der Waals surface area contributed by atoms with Gasteiger partial charge < -0.3 is 30.6 Å². The van der Waals surface area contributed by atoms with Gasteiger partial charge in [-0.2, -0.15) is 0 Å². The van der Waals surface area contributed by atoms with Crippen molar-refractivity contribution in [1.82, 2.24) is 39.9 Å². The molecule has 15 heteroatoms. The molecule has 6 N–H and O–H groups in total. The Labute approximate surface area is 272 Å². The number of rotatable bonds is 6. The quantitative estimate of drug-likeness (QED) is 0.0973. The highest BCUT2D eigenvalue weighted by molar-refractivity contribution is 7.98. The standard InChI is InChI=1S/C16H13N5O2S.C16H13N5OS/c1-24(23)16-20-12-6-8-18-15(22)13(12)14(21-16)19-11-4-2-3-10-9(11)5-7-17-10;1-23-16-20-12-6-8-18-15(22)13(12)14(21-16)19-11-4-2-3-10-9(11)5-7-17-10/h2-8,17H,1H3,(H,18,22)(H,19,20,21);2-8,17H,1H3,(H,18,22)(H,19,20,21). The third-order valence-corrected chi connectivity index (χ3v) is 8.58. The van der Waals surface area contributed by atoms with Gasteiger partial charge in [0, 0.05) is 64.2 Å². The zero-order valence-electron chi connectivity index (χ0n) is 24.9. The summed E-state index contributed by atoms with van der Waals surface area (Å²) in [6, 6.07) is 19.0. The third kappa shape index (κ3) is 5.84. The van der Waals surface area contributed by atoms with Crippen LogP contribution < -0.4 is 21.8 Å². The van der Waals surface area contributed by atoms with Crippen LogP contribution in [0.2, 0.25) is 0 Å². The molecule has 2 aromatic carbocycles. The first-order valence-corrected chi connectivity index (χ1v) is 17.0. The smallest absolute Gasteiger partial charge is 0.261 e. The minimum absolute atomic E-state index is 0.178. The lowest BCUT2D eigenvalue weighted by atomic mass is 10.2. The van der Waals surface area contributed by atoms with Crippen molar-refractivity contribution in [2.75, 3.05) is 23.1 Å². The van der Waals surface area contributed by atoms with Gasteiger partial charge in [0.1, 0.15) is 22.4 Å². The second-order valence-electron chi connectivity index (χ2n) is 10.2. The molecule has 13 nitrogen and oxygen atoms in total. The van der Waals surface area contributed by atoms with Crippen LogP contribution in [0.4, 0.5) is 23.0 Å². The lowest BCUT2D eigenvalue weighted by Gasteiger charge is -2.10. The van der Waals surface area contributed by atoms with Gasteiger partial charge in [0.05, 0.1) is 21.8 Å². The number of aromatic nitrogens is 8. The van der Waals surface area contributed by atoms with Gasteiger partial charge in [-0.05, 0) is 54.8 Å². The Morgan fingerprint density at radius 1 is 0.638 bits per heavy atom. The van der Waals surface area contributed by atoms with Crippen LogP contribution in [0.3, 0.4) is 0 Å². The summed E-state index contributed by atoms with van der Waals surface area (Å²) in [5, 5.41) is 10.1. The lowest BCUT2D eigenvalue weighted by Crippen LogP contribution is -2.12. The number of hydrogen-bond acceptors (Lipinski definition) is 10. The molecule has 0 fully saturated rings. The van der Waals surface area contributed by atoms with Gasteiger partial charge in [-0.3, -0.25) is 13.8 Å². The molecule has 0 radical (unpaired) electrons. The SMILES string of the molecule is CS(=O)c1nc(Nc2cccc3[nH]ccc23)c2c(=O)[nH]ccc2n1.CSc1nc(Nc2cccc3[nH]ccc23)c2c(=O)[nH]ccc2n1. The monoisotopic (exact) mass is 662 g/mol. The summed E-state index contributed by atoms with van der Waals surface area (Å²) in [6.07, 6.45) is 10.2. The van der Waals surface area contributed by atoms with E-state index in [0.717, 1.165) is 33.2 Å². The highest BCUT2D eigenvalue weighted by atomic mass is 32.2. The molecule has 0 aliphatic heterocycles. The molecular formula is C32H26N10O3S2. The number of hydrogen-bond donors (Lipinski definition) is 6. The van der Waals surface area contributed by atoms with Crippen LogP contribution >= 0.6 is 11.8 Å². The van der Waals surface area contributed by atoms with Crippen molar-refractivity contribution in [2.24, 2.45) is 0 Å². The summed E-state index contributed by atoms with van der Waals surface area (Å²) >= 11 is 1.44. The van der Waals surface area contributed by atoms with E-state index < -0.39 is 10.8 Å². The second-order valence-corrected chi connectivity index (χ2v) is 12.3. The predicted octanol–water partition coefficient (Wildman–Crippen LogP) is 5.55. The van der Waals surface area contributed by atoms with E-state index in [1.807, 2.05) is 67.2 Å². The number of anilines is 4. The molecule has 0 aliphatic rings. The van der Waals surface area contributed by atoms with Crippen LogP contribution in [-0.2, 0) is 10.8 Å². The van der Waals surface area contributed by atoms with Crippen molar-refractivity contribution in [3.05, 3.63) is 106 Å². The number of thioether (sulfide) groups is 1. The minimum atomic E-state index is -1.36. The van der Waals surface area contributed by atoms with Crippen molar-refractivity contribution in [3.8, 4) is 0 Å².